The van der Waals surface area contributed by atoms with Crippen molar-refractivity contribution in [2.45, 2.75) is 77.3 Å². The summed E-state index contributed by atoms with van der Waals surface area (Å²) in [6.45, 7) is -5.97. The third-order valence-electron chi connectivity index (χ3n) is 7.23. The SMILES string of the molecule is C[N+](C)(CCO)CCCN(CC(O)CS(=O)(=O)[O-])S(=O)(=O)C(F)(F)C(F)(F)C(F)(F)C(F)(F)C(F)(F)C(F)(F)C(F)(F)C(F)(F)C(F)(F)C(F)(F)C(F)(F)F. The highest BCUT2D eigenvalue weighted by molar-refractivity contribution is 7.90. The van der Waals surface area contributed by atoms with Gasteiger partial charge in [0, 0.05) is 19.5 Å². The lowest BCUT2D eigenvalue weighted by molar-refractivity contribution is -0.890. The van der Waals surface area contributed by atoms with Crippen LogP contribution in [-0.2, 0) is 20.1 Å². The molecule has 0 aliphatic carbocycles. The average molecular weight is 917 g/mol. The Balaban J connectivity index is 7.51. The Morgan fingerprint density at radius 2 is 0.873 bits per heavy atom. The van der Waals surface area contributed by atoms with E-state index < -0.39 is 138 Å². The lowest BCUT2D eigenvalue weighted by atomic mass is 9.86. The quantitative estimate of drug-likeness (QED) is 0.0956. The van der Waals surface area contributed by atoms with Crippen molar-refractivity contribution in [1.82, 2.24) is 4.31 Å². The molecule has 0 aliphatic heterocycles. The van der Waals surface area contributed by atoms with Crippen molar-refractivity contribution < 1.29 is 137 Å². The first kappa shape index (κ1) is 53.1. The van der Waals surface area contributed by atoms with E-state index in [2.05, 4.69) is 0 Å². The predicted octanol–water partition coefficient (Wildman–Crippen LogP) is 4.86. The van der Waals surface area contributed by atoms with E-state index in [-0.39, 0.29) is 6.54 Å². The molecule has 1 unspecified atom stereocenters. The summed E-state index contributed by atoms with van der Waals surface area (Å²) in [5.41, 5.74) is 0. The number of alkyl halides is 23. The number of likely N-dealkylation sites (N-methyl/N-ethyl adjacent to an activating group) is 1. The lowest BCUT2D eigenvalue weighted by Crippen LogP contribution is -2.78. The van der Waals surface area contributed by atoms with Crippen molar-refractivity contribution in [2.24, 2.45) is 0 Å². The molecule has 0 spiro atoms. The highest BCUT2D eigenvalue weighted by Gasteiger charge is 2.99. The topological polar surface area (TPSA) is 135 Å². The fraction of sp³-hybridized carbons (Fsp3) is 1.00. The number of aliphatic hydroxyl groups is 2. The zero-order valence-corrected chi connectivity index (χ0v) is 28.0. The molecule has 0 bridgehead atoms. The number of nitrogens with zero attached hydrogens (tertiary/aromatic N) is 2. The molecule has 0 aliphatic rings. The Bertz CT molecular complexity index is 1570. The van der Waals surface area contributed by atoms with Gasteiger partial charge in [-0.15, -0.1) is 0 Å². The van der Waals surface area contributed by atoms with Crippen molar-refractivity contribution in [1.29, 1.82) is 0 Å². The molecule has 2 N–H and O–H groups in total. The monoisotopic (exact) mass is 916 g/mol. The maximum absolute atomic E-state index is 14.9. The molecule has 0 fully saturated rings. The number of aliphatic hydroxyl groups excluding tert-OH is 2. The first-order valence-electron chi connectivity index (χ1n) is 13.4. The van der Waals surface area contributed by atoms with Gasteiger partial charge in [-0.2, -0.15) is 105 Å². The van der Waals surface area contributed by atoms with Gasteiger partial charge in [-0.3, -0.25) is 0 Å². The average Bonchev–Trinajstić information content (AvgIpc) is 2.93. The third kappa shape index (κ3) is 8.63. The number of rotatable bonds is 21. The van der Waals surface area contributed by atoms with Crippen molar-refractivity contribution >= 4 is 20.1 Å². The molecule has 0 aromatic carbocycles. The molecule has 1 atom stereocenters. The Labute approximate surface area is 292 Å². The molecule has 34 heteroatoms. The van der Waals surface area contributed by atoms with E-state index >= 15 is 0 Å². The van der Waals surface area contributed by atoms with Crippen LogP contribution in [-0.4, -0.2) is 164 Å². The van der Waals surface area contributed by atoms with Gasteiger partial charge in [0.1, 0.15) is 6.54 Å². The third-order valence-corrected chi connectivity index (χ3v) is 9.94. The summed E-state index contributed by atoms with van der Waals surface area (Å²) in [5.74, 6) is -86.6. The largest absolute Gasteiger partial charge is 0.748 e. The van der Waals surface area contributed by atoms with E-state index in [1.54, 1.807) is 0 Å². The van der Waals surface area contributed by atoms with Crippen molar-refractivity contribution in [2.75, 3.05) is 52.6 Å². The molecular formula is C21H23F23N2O7S2. The number of hydrogen-bond donors (Lipinski definition) is 2. The van der Waals surface area contributed by atoms with Gasteiger partial charge in [0.15, 0.2) is 0 Å². The van der Waals surface area contributed by atoms with E-state index in [4.69, 9.17) is 5.11 Å². The number of halogens is 23. The minimum Gasteiger partial charge on any atom is -0.748 e. The molecule has 55 heavy (non-hydrogen) atoms. The lowest BCUT2D eigenvalue weighted by Gasteiger charge is -2.45. The molecular weight excluding hydrogens is 893 g/mol. The summed E-state index contributed by atoms with van der Waals surface area (Å²) in [6, 6.07) is 0. The Kier molecular flexibility index (Phi) is 14.5. The normalized spacial score (nSPS) is 16.9. The van der Waals surface area contributed by atoms with Crippen molar-refractivity contribution in [3.05, 3.63) is 0 Å². The first-order valence-corrected chi connectivity index (χ1v) is 16.4. The second-order valence-corrected chi connectivity index (χ2v) is 15.3. The molecule has 0 heterocycles. The van der Waals surface area contributed by atoms with Gasteiger partial charge in [0.25, 0.3) is 10.0 Å². The van der Waals surface area contributed by atoms with Crippen LogP contribution in [0.3, 0.4) is 0 Å². The molecule has 0 saturated heterocycles. The van der Waals surface area contributed by atoms with Crippen molar-refractivity contribution in [3.63, 3.8) is 0 Å². The van der Waals surface area contributed by atoms with E-state index in [9.17, 15) is 127 Å². The van der Waals surface area contributed by atoms with Crippen LogP contribution >= 0.6 is 0 Å². The molecule has 0 amide bonds. The van der Waals surface area contributed by atoms with Crippen LogP contribution in [0, 0.1) is 0 Å². The minimum absolute atomic E-state index is 0.328. The fourth-order valence-electron chi connectivity index (χ4n) is 3.96. The second-order valence-electron chi connectivity index (χ2n) is 11.9. The molecule has 9 nitrogen and oxygen atoms in total. The summed E-state index contributed by atoms with van der Waals surface area (Å²) in [5, 5.41) is 10.3. The summed E-state index contributed by atoms with van der Waals surface area (Å²) < 4.78 is 372. The summed E-state index contributed by atoms with van der Waals surface area (Å²) in [4.78, 5) is 0. The maximum atomic E-state index is 14.9. The van der Waals surface area contributed by atoms with E-state index in [0.717, 1.165) is 14.1 Å². The van der Waals surface area contributed by atoms with Crippen LogP contribution in [0.4, 0.5) is 101 Å². The minimum atomic E-state index is -9.70. The van der Waals surface area contributed by atoms with Crippen LogP contribution in [0.1, 0.15) is 6.42 Å². The highest BCUT2D eigenvalue weighted by atomic mass is 32.2. The maximum Gasteiger partial charge on any atom is 0.460 e. The summed E-state index contributed by atoms with van der Waals surface area (Å²) in [7, 11) is -11.6. The van der Waals surface area contributed by atoms with Gasteiger partial charge in [-0.05, 0) is 0 Å². The number of hydrogen-bond acceptors (Lipinski definition) is 7. The zero-order valence-electron chi connectivity index (χ0n) is 26.4. The van der Waals surface area contributed by atoms with Gasteiger partial charge in [0.2, 0.25) is 0 Å². The van der Waals surface area contributed by atoms with Crippen LogP contribution in [0.25, 0.3) is 0 Å². The fourth-order valence-corrected chi connectivity index (χ4v) is 6.05. The van der Waals surface area contributed by atoms with Crippen LogP contribution < -0.4 is 0 Å². The van der Waals surface area contributed by atoms with Gasteiger partial charge in [-0.1, -0.05) is 0 Å². The van der Waals surface area contributed by atoms with E-state index in [1.807, 2.05) is 0 Å². The van der Waals surface area contributed by atoms with E-state index in [0.29, 0.717) is 0 Å². The standard InChI is InChI=1S/C21H23F23N2O7S2/c1-46(2,6-7-47)5-3-4-45(8-10(48)9-54(49,50)51)55(52,53)21(43,44)19(38,39)17(34,35)15(30,31)13(26,27)11(22,23)12(24,25)14(28,29)16(32,33)18(36,37)20(40,41)42/h10,47-48H,3-9H2,1-2H3. The van der Waals surface area contributed by atoms with Crippen LogP contribution in [0.5, 0.6) is 0 Å². The van der Waals surface area contributed by atoms with Gasteiger partial charge >= 0.3 is 64.7 Å². The Morgan fingerprint density at radius 3 is 1.16 bits per heavy atom. The van der Waals surface area contributed by atoms with Crippen molar-refractivity contribution in [3.8, 4) is 0 Å². The Hall–Kier alpha value is -1.91. The van der Waals surface area contributed by atoms with Crippen LogP contribution in [0.2, 0.25) is 0 Å². The predicted molar refractivity (Wildman–Crippen MR) is 130 cm³/mol. The molecule has 0 radical (unpaired) electrons. The zero-order chi connectivity index (χ0) is 45.1. The molecule has 0 aromatic heterocycles. The van der Waals surface area contributed by atoms with Gasteiger partial charge in [-0.25, -0.2) is 16.8 Å². The summed E-state index contributed by atoms with van der Waals surface area (Å²) in [6.07, 6.45) is -12.5. The number of sulfonamides is 1. The molecule has 0 aromatic rings. The first-order chi connectivity index (χ1) is 23.5. The molecule has 0 saturated carbocycles. The number of quaternary nitrogens is 1. The van der Waals surface area contributed by atoms with E-state index in [1.165, 1.54) is 0 Å². The van der Waals surface area contributed by atoms with Gasteiger partial charge < -0.3 is 19.2 Å². The molecule has 0 rings (SSSR count). The van der Waals surface area contributed by atoms with Gasteiger partial charge in [0.05, 0.1) is 49.2 Å². The Morgan fingerprint density at radius 1 is 0.564 bits per heavy atom. The summed E-state index contributed by atoms with van der Waals surface area (Å²) >= 11 is 0. The smallest absolute Gasteiger partial charge is 0.460 e. The highest BCUT2D eigenvalue weighted by Crippen LogP contribution is 2.67. The second kappa shape index (κ2) is 15.0. The van der Waals surface area contributed by atoms with Crippen LogP contribution in [0.15, 0.2) is 0 Å². The molecule has 332 valence electrons.